The maximum Gasteiger partial charge on any atom is 0.242 e. The first-order valence-corrected chi connectivity index (χ1v) is 11.1. The number of amides is 2. The van der Waals surface area contributed by atoms with Crippen LogP contribution in [0.25, 0.3) is 11.1 Å². The zero-order chi connectivity index (χ0) is 22.4. The molecule has 0 aliphatic heterocycles. The van der Waals surface area contributed by atoms with Crippen molar-refractivity contribution in [1.29, 1.82) is 0 Å². The molecule has 2 amide bonds. The molecule has 3 rings (SSSR count). The van der Waals surface area contributed by atoms with Gasteiger partial charge in [0, 0.05) is 23.9 Å². The summed E-state index contributed by atoms with van der Waals surface area (Å²) in [5.74, 6) is -0.739. The summed E-state index contributed by atoms with van der Waals surface area (Å²) in [6.07, 6.45) is 0. The van der Waals surface area contributed by atoms with Gasteiger partial charge < -0.3 is 10.6 Å². The molecule has 0 saturated heterocycles. The van der Waals surface area contributed by atoms with Crippen molar-refractivity contribution in [1.82, 2.24) is 4.72 Å². The zero-order valence-corrected chi connectivity index (χ0v) is 17.9. The van der Waals surface area contributed by atoms with E-state index in [4.69, 9.17) is 0 Å². The van der Waals surface area contributed by atoms with E-state index in [1.807, 2.05) is 42.5 Å². The smallest absolute Gasteiger partial charge is 0.242 e. The molecule has 160 valence electrons. The van der Waals surface area contributed by atoms with Crippen LogP contribution in [0.4, 0.5) is 11.4 Å². The molecule has 0 heterocycles. The van der Waals surface area contributed by atoms with Crippen LogP contribution in [0.5, 0.6) is 0 Å². The fourth-order valence-corrected chi connectivity index (χ4v) is 4.18. The highest BCUT2D eigenvalue weighted by Crippen LogP contribution is 2.27. The number of nitrogens with one attached hydrogen (secondary N) is 3. The Morgan fingerprint density at radius 3 is 2.06 bits per heavy atom. The summed E-state index contributed by atoms with van der Waals surface area (Å²) in [5.41, 5.74) is 2.84. The largest absolute Gasteiger partial charge is 0.326 e. The van der Waals surface area contributed by atoms with Crippen molar-refractivity contribution in [3.8, 4) is 11.1 Å². The van der Waals surface area contributed by atoms with Crippen molar-refractivity contribution in [2.45, 2.75) is 24.8 Å². The number of anilines is 2. The molecule has 0 fully saturated rings. The average Bonchev–Trinajstić information content (AvgIpc) is 2.74. The molecule has 0 aromatic heterocycles. The Bertz CT molecular complexity index is 1180. The number of hydrogen-bond acceptors (Lipinski definition) is 4. The molecule has 0 unspecified atom stereocenters. The van der Waals surface area contributed by atoms with Gasteiger partial charge in [-0.1, -0.05) is 48.5 Å². The summed E-state index contributed by atoms with van der Waals surface area (Å²) in [4.78, 5) is 23.8. The zero-order valence-electron chi connectivity index (χ0n) is 17.1. The first kappa shape index (κ1) is 22.2. The van der Waals surface area contributed by atoms with Gasteiger partial charge in [0.1, 0.15) is 0 Å². The van der Waals surface area contributed by atoms with Gasteiger partial charge in [0.05, 0.1) is 10.9 Å². The van der Waals surface area contributed by atoms with Crippen molar-refractivity contribution in [2.24, 2.45) is 0 Å². The maximum atomic E-state index is 12.7. The highest BCUT2D eigenvalue weighted by molar-refractivity contribution is 7.89. The van der Waals surface area contributed by atoms with Gasteiger partial charge in [-0.3, -0.25) is 9.59 Å². The summed E-state index contributed by atoms with van der Waals surface area (Å²) in [6.45, 7) is 2.84. The third-order valence-electron chi connectivity index (χ3n) is 4.48. The molecule has 3 aromatic carbocycles. The van der Waals surface area contributed by atoms with Gasteiger partial charge >= 0.3 is 0 Å². The number of carbonyl (C=O) groups is 2. The second kappa shape index (κ2) is 9.55. The summed E-state index contributed by atoms with van der Waals surface area (Å²) < 4.78 is 27.7. The Hall–Kier alpha value is -3.49. The molecule has 3 aromatic rings. The quantitative estimate of drug-likeness (QED) is 0.525. The molecule has 0 radical (unpaired) electrons. The highest BCUT2D eigenvalue weighted by Gasteiger charge is 2.22. The van der Waals surface area contributed by atoms with Gasteiger partial charge in [-0.15, -0.1) is 0 Å². The van der Waals surface area contributed by atoms with Crippen LogP contribution in [0.3, 0.4) is 0 Å². The van der Waals surface area contributed by atoms with E-state index in [0.717, 1.165) is 11.1 Å². The van der Waals surface area contributed by atoms with E-state index in [2.05, 4.69) is 15.4 Å². The van der Waals surface area contributed by atoms with Gasteiger partial charge in [0.25, 0.3) is 0 Å². The molecule has 1 atom stereocenters. The first-order chi connectivity index (χ1) is 14.8. The minimum absolute atomic E-state index is 0.00839. The third kappa shape index (κ3) is 5.78. The van der Waals surface area contributed by atoms with Crippen LogP contribution in [-0.2, 0) is 19.6 Å². The number of para-hydroxylation sites is 1. The minimum atomic E-state index is -3.93. The van der Waals surface area contributed by atoms with Crippen LogP contribution in [-0.4, -0.2) is 26.3 Å². The van der Waals surface area contributed by atoms with Gasteiger partial charge in [-0.25, -0.2) is 8.42 Å². The number of benzene rings is 3. The number of rotatable bonds is 7. The maximum absolute atomic E-state index is 12.7. The van der Waals surface area contributed by atoms with E-state index in [1.54, 1.807) is 12.1 Å². The number of hydrogen-bond donors (Lipinski definition) is 3. The summed E-state index contributed by atoms with van der Waals surface area (Å²) in [7, 11) is -3.93. The van der Waals surface area contributed by atoms with Crippen LogP contribution in [0.2, 0.25) is 0 Å². The van der Waals surface area contributed by atoms with E-state index in [-0.39, 0.29) is 10.8 Å². The Morgan fingerprint density at radius 2 is 1.42 bits per heavy atom. The number of sulfonamides is 1. The van der Waals surface area contributed by atoms with Crippen LogP contribution in [0.15, 0.2) is 83.8 Å². The van der Waals surface area contributed by atoms with Crippen molar-refractivity contribution in [2.75, 3.05) is 10.6 Å². The highest BCUT2D eigenvalue weighted by atomic mass is 32.2. The molecule has 31 heavy (non-hydrogen) atoms. The van der Waals surface area contributed by atoms with Crippen LogP contribution < -0.4 is 15.4 Å². The summed E-state index contributed by atoms with van der Waals surface area (Å²) >= 11 is 0. The Kier molecular flexibility index (Phi) is 6.84. The fraction of sp³-hybridized carbons (Fsp3) is 0.130. The fourth-order valence-electron chi connectivity index (χ4n) is 2.98. The van der Waals surface area contributed by atoms with E-state index >= 15 is 0 Å². The third-order valence-corrected chi connectivity index (χ3v) is 6.04. The molecule has 0 aliphatic carbocycles. The molecule has 3 N–H and O–H groups in total. The van der Waals surface area contributed by atoms with Crippen molar-refractivity contribution in [3.05, 3.63) is 78.9 Å². The second-order valence-corrected chi connectivity index (χ2v) is 8.66. The minimum Gasteiger partial charge on any atom is -0.326 e. The van der Waals surface area contributed by atoms with Gasteiger partial charge in [0.15, 0.2) is 0 Å². The normalized spacial score (nSPS) is 12.1. The lowest BCUT2D eigenvalue weighted by atomic mass is 10.0. The first-order valence-electron chi connectivity index (χ1n) is 9.61. The van der Waals surface area contributed by atoms with E-state index in [1.165, 1.54) is 38.1 Å². The predicted octanol–water partition coefficient (Wildman–Crippen LogP) is 3.62. The Morgan fingerprint density at radius 1 is 0.806 bits per heavy atom. The molecule has 8 heteroatoms. The van der Waals surface area contributed by atoms with Crippen molar-refractivity contribution >= 4 is 33.2 Å². The van der Waals surface area contributed by atoms with E-state index < -0.39 is 22.0 Å². The van der Waals surface area contributed by atoms with Crippen LogP contribution >= 0.6 is 0 Å². The SMILES string of the molecule is CC(=O)Nc1ccc(S(=O)(=O)N[C@@H](C)C(=O)Nc2ccccc2-c2ccccc2)cc1. The summed E-state index contributed by atoms with van der Waals surface area (Å²) in [5, 5.41) is 5.37. The second-order valence-electron chi connectivity index (χ2n) is 6.95. The van der Waals surface area contributed by atoms with Gasteiger partial charge in [0.2, 0.25) is 21.8 Å². The van der Waals surface area contributed by atoms with Crippen LogP contribution in [0, 0.1) is 0 Å². The molecule has 0 bridgehead atoms. The molecule has 0 spiro atoms. The topological polar surface area (TPSA) is 104 Å². The lowest BCUT2D eigenvalue weighted by Crippen LogP contribution is -2.41. The predicted molar refractivity (Wildman–Crippen MR) is 121 cm³/mol. The molecule has 0 aliphatic rings. The average molecular weight is 438 g/mol. The monoisotopic (exact) mass is 437 g/mol. The van der Waals surface area contributed by atoms with Crippen LogP contribution in [0.1, 0.15) is 13.8 Å². The van der Waals surface area contributed by atoms with Crippen molar-refractivity contribution in [3.63, 3.8) is 0 Å². The van der Waals surface area contributed by atoms with E-state index in [9.17, 15) is 18.0 Å². The van der Waals surface area contributed by atoms with Crippen molar-refractivity contribution < 1.29 is 18.0 Å². The van der Waals surface area contributed by atoms with Gasteiger partial charge in [-0.2, -0.15) is 4.72 Å². The molecule has 7 nitrogen and oxygen atoms in total. The molecule has 0 saturated carbocycles. The Labute approximate surface area is 181 Å². The standard InChI is InChI=1S/C23H23N3O4S/c1-16(26-31(29,30)20-14-12-19(13-15-20)24-17(2)27)23(28)25-22-11-7-6-10-21(22)18-8-4-3-5-9-18/h3-16,26H,1-2H3,(H,24,27)(H,25,28)/t16-/m0/s1. The number of carbonyl (C=O) groups excluding carboxylic acids is 2. The Balaban J connectivity index is 1.72. The summed E-state index contributed by atoms with van der Waals surface area (Å²) in [6, 6.07) is 21.6. The lowest BCUT2D eigenvalue weighted by Gasteiger charge is -2.16. The van der Waals surface area contributed by atoms with Gasteiger partial charge in [-0.05, 0) is 42.8 Å². The molecular formula is C23H23N3O4S. The lowest BCUT2D eigenvalue weighted by molar-refractivity contribution is -0.117. The van der Waals surface area contributed by atoms with E-state index in [0.29, 0.717) is 11.4 Å². The molecular weight excluding hydrogens is 414 g/mol.